The molecule has 0 saturated carbocycles. The lowest BCUT2D eigenvalue weighted by Gasteiger charge is -2.36. The summed E-state index contributed by atoms with van der Waals surface area (Å²) in [6.45, 7) is 6.21. The molecule has 0 aliphatic carbocycles. The highest BCUT2D eigenvalue weighted by atomic mass is 16.6. The molecule has 4 amide bonds. The Hall–Kier alpha value is -2.57. The topological polar surface area (TPSA) is 70.2 Å². The Kier molecular flexibility index (Phi) is 3.95. The molecule has 3 rings (SSSR count). The van der Waals surface area contributed by atoms with Crippen LogP contribution in [0.2, 0.25) is 0 Å². The summed E-state index contributed by atoms with van der Waals surface area (Å²) in [5, 5.41) is 0. The number of imide groups is 1. The van der Waals surface area contributed by atoms with Gasteiger partial charge in [-0.25, -0.2) is 14.5 Å². The molecular weight excluding hydrogens is 310 g/mol. The normalized spacial score (nSPS) is 21.1. The Bertz CT molecular complexity index is 668. The van der Waals surface area contributed by atoms with Crippen molar-refractivity contribution >= 4 is 23.7 Å². The van der Waals surface area contributed by atoms with Crippen molar-refractivity contribution in [1.82, 2.24) is 9.80 Å². The number of nitrogens with zero attached hydrogens (tertiary/aromatic N) is 3. The second-order valence-corrected chi connectivity index (χ2v) is 6.93. The minimum atomic E-state index is -0.654. The predicted molar refractivity (Wildman–Crippen MR) is 87.6 cm³/mol. The van der Waals surface area contributed by atoms with Gasteiger partial charge in [0.25, 0.3) is 5.91 Å². The molecule has 0 N–H and O–H groups in total. The quantitative estimate of drug-likeness (QED) is 0.739. The number of amides is 4. The van der Waals surface area contributed by atoms with Crippen LogP contribution < -0.4 is 4.90 Å². The smallest absolute Gasteiger partial charge is 0.410 e. The fourth-order valence-electron chi connectivity index (χ4n) is 2.90. The highest BCUT2D eigenvalue weighted by Gasteiger charge is 2.49. The van der Waals surface area contributed by atoms with Crippen LogP contribution >= 0.6 is 0 Å². The molecule has 1 aromatic carbocycles. The van der Waals surface area contributed by atoms with Crippen molar-refractivity contribution in [1.29, 1.82) is 0 Å². The first-order chi connectivity index (χ1) is 11.3. The van der Waals surface area contributed by atoms with Gasteiger partial charge in [0.2, 0.25) is 0 Å². The van der Waals surface area contributed by atoms with Crippen LogP contribution in [0.25, 0.3) is 0 Å². The molecule has 0 spiro atoms. The number of fused-ring (bicyclic) bond motifs is 1. The molecule has 2 aliphatic rings. The standard InChI is InChI=1S/C17H21N3O4/c1-17(2,3)24-16(23)18-9-10-19-13(11-18)14(21)20(15(19)22)12-7-5-4-6-8-12/h4-8,13H,9-11H2,1-3H3/t13-/m1/s1. The van der Waals surface area contributed by atoms with Gasteiger partial charge in [-0.1, -0.05) is 18.2 Å². The zero-order chi connectivity index (χ0) is 17.5. The Morgan fingerprint density at radius 2 is 1.79 bits per heavy atom. The van der Waals surface area contributed by atoms with Crippen LogP contribution in [-0.4, -0.2) is 59.1 Å². The molecule has 128 valence electrons. The van der Waals surface area contributed by atoms with Crippen molar-refractivity contribution in [2.75, 3.05) is 24.5 Å². The number of hydrogen-bond acceptors (Lipinski definition) is 4. The molecule has 2 heterocycles. The van der Waals surface area contributed by atoms with Crippen LogP contribution in [0.3, 0.4) is 0 Å². The molecule has 7 heteroatoms. The third-order valence-electron chi connectivity index (χ3n) is 3.99. The van der Waals surface area contributed by atoms with Gasteiger partial charge in [-0.15, -0.1) is 0 Å². The van der Waals surface area contributed by atoms with Crippen molar-refractivity contribution in [3.05, 3.63) is 30.3 Å². The van der Waals surface area contributed by atoms with Crippen LogP contribution in [0.5, 0.6) is 0 Å². The second-order valence-electron chi connectivity index (χ2n) is 6.93. The highest BCUT2D eigenvalue weighted by Crippen LogP contribution is 2.27. The number of carbonyl (C=O) groups excluding carboxylic acids is 3. The number of ether oxygens (including phenoxy) is 1. The number of rotatable bonds is 1. The zero-order valence-electron chi connectivity index (χ0n) is 14.1. The summed E-state index contributed by atoms with van der Waals surface area (Å²) < 4.78 is 5.36. The molecule has 0 radical (unpaired) electrons. The molecule has 0 bridgehead atoms. The van der Waals surface area contributed by atoms with Gasteiger partial charge in [0.05, 0.1) is 12.2 Å². The summed E-state index contributed by atoms with van der Waals surface area (Å²) in [6.07, 6.45) is -0.458. The van der Waals surface area contributed by atoms with E-state index in [2.05, 4.69) is 0 Å². The number of hydrogen-bond donors (Lipinski definition) is 0. The lowest BCUT2D eigenvalue weighted by Crippen LogP contribution is -2.55. The van der Waals surface area contributed by atoms with Crippen molar-refractivity contribution in [2.24, 2.45) is 0 Å². The van der Waals surface area contributed by atoms with Crippen molar-refractivity contribution in [3.8, 4) is 0 Å². The zero-order valence-corrected chi connectivity index (χ0v) is 14.1. The third-order valence-corrected chi connectivity index (χ3v) is 3.99. The number of para-hydroxylation sites is 1. The minimum absolute atomic E-state index is 0.156. The molecule has 7 nitrogen and oxygen atoms in total. The van der Waals surface area contributed by atoms with Crippen LogP contribution in [0.15, 0.2) is 30.3 Å². The first-order valence-electron chi connectivity index (χ1n) is 7.95. The van der Waals surface area contributed by atoms with E-state index in [0.717, 1.165) is 0 Å². The SMILES string of the molecule is CC(C)(C)OC(=O)N1CCN2C(=O)N(c3ccccc3)C(=O)[C@H]2C1. The number of benzene rings is 1. The van der Waals surface area contributed by atoms with Crippen molar-refractivity contribution < 1.29 is 19.1 Å². The van der Waals surface area contributed by atoms with Gasteiger partial charge < -0.3 is 14.5 Å². The van der Waals surface area contributed by atoms with Gasteiger partial charge >= 0.3 is 12.1 Å². The Labute approximate surface area is 140 Å². The average molecular weight is 331 g/mol. The molecule has 0 unspecified atom stereocenters. The monoisotopic (exact) mass is 331 g/mol. The second kappa shape index (κ2) is 5.81. The van der Waals surface area contributed by atoms with Gasteiger partial charge in [0, 0.05) is 13.1 Å². The largest absolute Gasteiger partial charge is 0.444 e. The fourth-order valence-corrected chi connectivity index (χ4v) is 2.90. The van der Waals surface area contributed by atoms with Crippen molar-refractivity contribution in [3.63, 3.8) is 0 Å². The summed E-state index contributed by atoms with van der Waals surface area (Å²) in [4.78, 5) is 41.7. The summed E-state index contributed by atoms with van der Waals surface area (Å²) in [5.74, 6) is -0.306. The van der Waals surface area contributed by atoms with E-state index in [1.165, 1.54) is 14.7 Å². The maximum atomic E-state index is 12.7. The summed E-state index contributed by atoms with van der Waals surface area (Å²) >= 11 is 0. The Morgan fingerprint density at radius 1 is 1.12 bits per heavy atom. The maximum absolute atomic E-state index is 12.7. The molecule has 24 heavy (non-hydrogen) atoms. The van der Waals surface area contributed by atoms with Gasteiger partial charge in [-0.3, -0.25) is 4.79 Å². The molecule has 2 saturated heterocycles. The van der Waals surface area contributed by atoms with Gasteiger partial charge in [0.1, 0.15) is 11.6 Å². The number of piperazine rings is 1. The average Bonchev–Trinajstić information content (AvgIpc) is 2.77. The van der Waals surface area contributed by atoms with Gasteiger partial charge in [-0.05, 0) is 32.9 Å². The van der Waals surface area contributed by atoms with E-state index in [-0.39, 0.29) is 18.5 Å². The van der Waals surface area contributed by atoms with Crippen LogP contribution in [-0.2, 0) is 9.53 Å². The predicted octanol–water partition coefficient (Wildman–Crippen LogP) is 2.07. The number of anilines is 1. The third kappa shape index (κ3) is 2.93. The van der Waals surface area contributed by atoms with Crippen LogP contribution in [0.4, 0.5) is 15.3 Å². The highest BCUT2D eigenvalue weighted by molar-refractivity contribution is 6.21. The van der Waals surface area contributed by atoms with Gasteiger partial charge in [0.15, 0.2) is 0 Å². The number of carbonyl (C=O) groups is 3. The van der Waals surface area contributed by atoms with E-state index < -0.39 is 17.7 Å². The molecule has 2 aliphatic heterocycles. The lowest BCUT2D eigenvalue weighted by atomic mass is 10.2. The number of urea groups is 1. The van der Waals surface area contributed by atoms with E-state index in [4.69, 9.17) is 4.74 Å². The van der Waals surface area contributed by atoms with E-state index in [9.17, 15) is 14.4 Å². The van der Waals surface area contributed by atoms with Crippen molar-refractivity contribution in [2.45, 2.75) is 32.4 Å². The summed E-state index contributed by atoms with van der Waals surface area (Å²) in [6, 6.07) is 7.84. The fraction of sp³-hybridized carbons (Fsp3) is 0.471. The van der Waals surface area contributed by atoms with E-state index in [1.54, 1.807) is 45.0 Å². The van der Waals surface area contributed by atoms with Gasteiger partial charge in [-0.2, -0.15) is 0 Å². The first kappa shape index (κ1) is 16.3. The van der Waals surface area contributed by atoms with E-state index >= 15 is 0 Å². The minimum Gasteiger partial charge on any atom is -0.444 e. The molecule has 1 aromatic rings. The first-order valence-corrected chi connectivity index (χ1v) is 7.95. The molecule has 2 fully saturated rings. The molecule has 1 atom stereocenters. The maximum Gasteiger partial charge on any atom is 0.410 e. The lowest BCUT2D eigenvalue weighted by molar-refractivity contribution is -0.120. The summed E-state index contributed by atoms with van der Waals surface area (Å²) in [7, 11) is 0. The summed E-state index contributed by atoms with van der Waals surface area (Å²) in [5.41, 5.74) is -0.0505. The Morgan fingerprint density at radius 3 is 2.42 bits per heavy atom. The molecular formula is C17H21N3O4. The van der Waals surface area contributed by atoms with Crippen LogP contribution in [0, 0.1) is 0 Å². The molecule has 0 aromatic heterocycles. The van der Waals surface area contributed by atoms with E-state index in [0.29, 0.717) is 18.8 Å². The van der Waals surface area contributed by atoms with E-state index in [1.807, 2.05) is 6.07 Å². The Balaban J connectivity index is 1.77. The van der Waals surface area contributed by atoms with Crippen LogP contribution in [0.1, 0.15) is 20.8 Å².